The minimum atomic E-state index is -1.26. The van der Waals surface area contributed by atoms with Gasteiger partial charge in [-0.25, -0.2) is 9.90 Å². The van der Waals surface area contributed by atoms with E-state index in [1.54, 1.807) is 6.07 Å². The van der Waals surface area contributed by atoms with Crippen LogP contribution in [0, 0.1) is 11.3 Å². The van der Waals surface area contributed by atoms with Crippen LogP contribution in [0.2, 0.25) is 0 Å². The van der Waals surface area contributed by atoms with Crippen molar-refractivity contribution in [1.29, 1.82) is 5.26 Å². The van der Waals surface area contributed by atoms with E-state index in [4.69, 9.17) is 5.26 Å². The Morgan fingerprint density at radius 2 is 2.33 bits per heavy atom. The number of hydrogen-bond acceptors (Lipinski definition) is 3. The van der Waals surface area contributed by atoms with Crippen LogP contribution in [0.15, 0.2) is 0 Å². The zero-order chi connectivity index (χ0) is 7.11. The van der Waals surface area contributed by atoms with Crippen molar-refractivity contribution in [2.24, 2.45) is 0 Å². The first-order chi connectivity index (χ1) is 4.27. The summed E-state index contributed by atoms with van der Waals surface area (Å²) in [6, 6.07) is 1.80. The maximum Gasteiger partial charge on any atom is 0.380 e. The van der Waals surface area contributed by atoms with E-state index >= 15 is 0 Å². The van der Waals surface area contributed by atoms with Gasteiger partial charge < -0.3 is 4.74 Å². The summed E-state index contributed by atoms with van der Waals surface area (Å²) in [5.74, 6) is -1.26. The van der Waals surface area contributed by atoms with Crippen LogP contribution in [0.25, 0.3) is 0 Å². The zero-order valence-corrected chi connectivity index (χ0v) is 4.79. The lowest BCUT2D eigenvalue weighted by atomic mass is 10.5. The maximum absolute atomic E-state index is 9.64. The Labute approximate surface area is 52.7 Å². The number of nitriles is 1. The van der Waals surface area contributed by atoms with Crippen molar-refractivity contribution in [2.45, 2.75) is 6.42 Å². The molecule has 0 aromatic rings. The molecule has 0 amide bonds. The molecule has 0 aliphatic rings. The first kappa shape index (κ1) is 7.92. The molecule has 0 aromatic carbocycles. The van der Waals surface area contributed by atoms with Crippen molar-refractivity contribution in [1.82, 2.24) is 0 Å². The van der Waals surface area contributed by atoms with Crippen molar-refractivity contribution in [3.05, 3.63) is 0 Å². The maximum atomic E-state index is 9.64. The lowest BCUT2D eigenvalue weighted by molar-refractivity contribution is -0.148. The van der Waals surface area contributed by atoms with Gasteiger partial charge in [0.15, 0.2) is 0 Å². The molecule has 0 rings (SSSR count). The molecule has 0 aliphatic carbocycles. The highest BCUT2D eigenvalue weighted by molar-refractivity contribution is 5.67. The Bertz CT molecular complexity index is 127. The summed E-state index contributed by atoms with van der Waals surface area (Å²) in [6.07, 6.45) is 0.216. The molecule has 0 fully saturated rings. The third-order valence-corrected chi connectivity index (χ3v) is 0.578. The van der Waals surface area contributed by atoms with Crippen LogP contribution in [0.3, 0.4) is 0 Å². The van der Waals surface area contributed by atoms with Gasteiger partial charge in [-0.05, 0) is 0 Å². The van der Waals surface area contributed by atoms with E-state index in [-0.39, 0.29) is 13.0 Å². The Balaban J connectivity index is 2.94. The zero-order valence-electron chi connectivity index (χ0n) is 4.79. The molecule has 4 heteroatoms. The van der Waals surface area contributed by atoms with E-state index in [9.17, 15) is 9.90 Å². The highest BCUT2D eigenvalue weighted by atomic mass is 16.5. The second kappa shape index (κ2) is 5.06. The van der Waals surface area contributed by atoms with Crippen LogP contribution in [0.4, 0.5) is 0 Å². The predicted molar refractivity (Wildman–Crippen MR) is 26.7 cm³/mol. The molecule has 0 aliphatic heterocycles. The van der Waals surface area contributed by atoms with Gasteiger partial charge in [-0.1, -0.05) is 0 Å². The van der Waals surface area contributed by atoms with Gasteiger partial charge in [0, 0.05) is 0 Å². The van der Waals surface area contributed by atoms with Crippen molar-refractivity contribution in [2.75, 3.05) is 13.2 Å². The molecular weight excluding hydrogens is 122 g/mol. The smallest absolute Gasteiger partial charge is 0.369 e. The molecule has 0 heterocycles. The highest BCUT2D eigenvalue weighted by Gasteiger charge is 1.96. The molecule has 0 N–H and O–H groups in total. The number of carbonyl (C=O) groups is 1. The van der Waals surface area contributed by atoms with E-state index in [1.807, 2.05) is 0 Å². The van der Waals surface area contributed by atoms with Crippen molar-refractivity contribution < 1.29 is 14.6 Å². The first-order valence-electron chi connectivity index (χ1n) is 2.42. The molecule has 0 spiro atoms. The van der Waals surface area contributed by atoms with Gasteiger partial charge in [-0.2, -0.15) is 5.26 Å². The van der Waals surface area contributed by atoms with Crippen molar-refractivity contribution >= 4 is 5.97 Å². The second-order valence-electron chi connectivity index (χ2n) is 1.33. The van der Waals surface area contributed by atoms with E-state index in [0.717, 1.165) is 0 Å². The summed E-state index contributed by atoms with van der Waals surface area (Å²) in [5.41, 5.74) is 0. The van der Waals surface area contributed by atoms with Gasteiger partial charge in [-0.15, -0.1) is 0 Å². The summed E-state index contributed by atoms with van der Waals surface area (Å²) in [4.78, 5) is 9.64. The van der Waals surface area contributed by atoms with E-state index < -0.39 is 12.6 Å². The van der Waals surface area contributed by atoms with Crippen LogP contribution in [-0.2, 0) is 14.6 Å². The Morgan fingerprint density at radius 3 is 2.78 bits per heavy atom. The molecule has 0 unspecified atom stereocenters. The van der Waals surface area contributed by atoms with Gasteiger partial charge >= 0.3 is 5.97 Å². The third-order valence-electron chi connectivity index (χ3n) is 0.578. The number of carbonyl (C=O) groups excluding carboxylic acids is 1. The topological polar surface area (TPSA) is 70.0 Å². The van der Waals surface area contributed by atoms with Crippen molar-refractivity contribution in [3.63, 3.8) is 0 Å². The van der Waals surface area contributed by atoms with E-state index in [0.29, 0.717) is 0 Å². The molecule has 9 heavy (non-hydrogen) atoms. The largest absolute Gasteiger partial charge is 0.380 e. The van der Waals surface area contributed by atoms with Crippen LogP contribution in [-0.4, -0.2) is 19.2 Å². The quantitative estimate of drug-likeness (QED) is 0.495. The summed E-state index contributed by atoms with van der Waals surface area (Å²) in [7, 11) is 0. The Hall–Kier alpha value is -1.08. The highest BCUT2D eigenvalue weighted by Crippen LogP contribution is 1.78. The van der Waals surface area contributed by atoms with E-state index in [1.165, 1.54) is 0 Å². The predicted octanol–water partition coefficient (Wildman–Crippen LogP) is -0.126. The van der Waals surface area contributed by atoms with Crippen molar-refractivity contribution in [3.8, 4) is 6.07 Å². The third kappa shape index (κ3) is 6.92. The van der Waals surface area contributed by atoms with E-state index in [2.05, 4.69) is 4.74 Å². The van der Waals surface area contributed by atoms with Gasteiger partial charge in [0.05, 0.1) is 19.1 Å². The first-order valence-corrected chi connectivity index (χ1v) is 2.42. The number of nitrogens with zero attached hydrogens (tertiary/aromatic N) is 1. The molecular formula is C5H6NO3. The molecule has 0 atom stereocenters. The molecule has 4 nitrogen and oxygen atoms in total. The van der Waals surface area contributed by atoms with Crippen LogP contribution >= 0.6 is 0 Å². The van der Waals surface area contributed by atoms with Crippen LogP contribution < -0.4 is 0 Å². The minimum Gasteiger partial charge on any atom is -0.369 e. The number of ether oxygens (including phenoxy) is 1. The summed E-state index contributed by atoms with van der Waals surface area (Å²) >= 11 is 0. The fourth-order valence-corrected chi connectivity index (χ4v) is 0.273. The number of hydrogen-bond donors (Lipinski definition) is 0. The Morgan fingerprint density at radius 1 is 1.67 bits per heavy atom. The SMILES string of the molecule is N#CCCOCC([O])=O. The molecule has 1 radical (unpaired) electrons. The second-order valence-corrected chi connectivity index (χ2v) is 1.33. The molecule has 0 saturated carbocycles. The average molecular weight is 128 g/mol. The summed E-state index contributed by atoms with van der Waals surface area (Å²) in [6.45, 7) is -0.272. The standard InChI is InChI=1S/C5H6NO3/c6-2-1-3-9-4-5(7)8/h1,3-4H2. The van der Waals surface area contributed by atoms with Crippen LogP contribution in [0.5, 0.6) is 0 Å². The lowest BCUT2D eigenvalue weighted by Gasteiger charge is -1.91. The summed E-state index contributed by atoms with van der Waals surface area (Å²) in [5, 5.41) is 17.6. The minimum absolute atomic E-state index is 0.157. The molecule has 49 valence electrons. The van der Waals surface area contributed by atoms with Gasteiger partial charge in [-0.3, -0.25) is 0 Å². The molecule has 0 aromatic heterocycles. The fraction of sp³-hybridized carbons (Fsp3) is 0.600. The number of rotatable bonds is 4. The fourth-order valence-electron chi connectivity index (χ4n) is 0.273. The Kier molecular flexibility index (Phi) is 4.46. The van der Waals surface area contributed by atoms with Crippen LogP contribution in [0.1, 0.15) is 6.42 Å². The monoisotopic (exact) mass is 128 g/mol. The normalized spacial score (nSPS) is 8.33. The average Bonchev–Trinajstić information content (AvgIpc) is 1.80. The lowest BCUT2D eigenvalue weighted by Crippen LogP contribution is -2.05. The molecule has 0 saturated heterocycles. The van der Waals surface area contributed by atoms with Gasteiger partial charge in [0.2, 0.25) is 0 Å². The van der Waals surface area contributed by atoms with Gasteiger partial charge in [0.1, 0.15) is 6.61 Å². The summed E-state index contributed by atoms with van der Waals surface area (Å²) < 4.78 is 4.45. The molecule has 0 bridgehead atoms. The van der Waals surface area contributed by atoms with Gasteiger partial charge in [0.25, 0.3) is 0 Å².